The summed E-state index contributed by atoms with van der Waals surface area (Å²) in [5, 5.41) is 1.85. The van der Waals surface area contributed by atoms with E-state index >= 15 is 0 Å². The highest BCUT2D eigenvalue weighted by Crippen LogP contribution is 2.38. The molecule has 20 heavy (non-hydrogen) atoms. The third-order valence-electron chi connectivity index (χ3n) is 3.37. The van der Waals surface area contributed by atoms with Crippen LogP contribution in [0.15, 0.2) is 18.3 Å². The van der Waals surface area contributed by atoms with E-state index in [0.29, 0.717) is 10.6 Å². The quantitative estimate of drug-likeness (QED) is 0.696. The van der Waals surface area contributed by atoms with E-state index < -0.39 is 5.97 Å². The predicted molar refractivity (Wildman–Crippen MR) is 82.4 cm³/mol. The van der Waals surface area contributed by atoms with Crippen LogP contribution in [0.2, 0.25) is 0 Å². The number of thiophene rings is 1. The van der Waals surface area contributed by atoms with Crippen LogP contribution in [0.4, 0.5) is 5.69 Å². The van der Waals surface area contributed by atoms with Crippen molar-refractivity contribution in [2.24, 2.45) is 0 Å². The van der Waals surface area contributed by atoms with Crippen molar-refractivity contribution >= 4 is 44.0 Å². The van der Waals surface area contributed by atoms with Gasteiger partial charge in [0.25, 0.3) is 0 Å². The maximum absolute atomic E-state index is 11.8. The molecule has 0 saturated carbocycles. The summed E-state index contributed by atoms with van der Waals surface area (Å²) in [5.74, 6) is -0.402. The number of aromatic nitrogens is 1. The number of hydrogen-bond acceptors (Lipinski definition) is 5. The molecule has 0 aliphatic heterocycles. The van der Waals surface area contributed by atoms with Crippen molar-refractivity contribution in [1.29, 1.82) is 0 Å². The van der Waals surface area contributed by atoms with Crippen LogP contribution >= 0.6 is 11.3 Å². The zero-order valence-electron chi connectivity index (χ0n) is 11.5. The van der Waals surface area contributed by atoms with Crippen LogP contribution in [0.5, 0.6) is 0 Å². The summed E-state index contributed by atoms with van der Waals surface area (Å²) in [4.78, 5) is 16.7. The average molecular weight is 286 g/mol. The molecule has 0 fully saturated rings. The summed E-state index contributed by atoms with van der Waals surface area (Å²) in [5.41, 5.74) is 9.73. The Bertz CT molecular complexity index is 852. The first-order valence-electron chi connectivity index (χ1n) is 6.19. The van der Waals surface area contributed by atoms with E-state index in [2.05, 4.69) is 17.1 Å². The highest BCUT2D eigenvalue weighted by Gasteiger charge is 2.19. The molecule has 0 atom stereocenters. The van der Waals surface area contributed by atoms with Crippen LogP contribution < -0.4 is 5.73 Å². The number of ether oxygens (including phenoxy) is 1. The Labute approximate surface area is 120 Å². The number of fused-ring (bicyclic) bond motifs is 3. The van der Waals surface area contributed by atoms with Gasteiger partial charge in [0.05, 0.1) is 18.3 Å². The first kappa shape index (κ1) is 12.9. The van der Waals surface area contributed by atoms with E-state index in [9.17, 15) is 4.79 Å². The topological polar surface area (TPSA) is 65.2 Å². The monoisotopic (exact) mass is 286 g/mol. The van der Waals surface area contributed by atoms with Crippen molar-refractivity contribution in [2.75, 3.05) is 12.8 Å². The van der Waals surface area contributed by atoms with Crippen LogP contribution in [0.25, 0.3) is 21.0 Å². The number of carbonyl (C=O) groups excluding carboxylic acids is 1. The number of methoxy groups -OCH3 is 1. The van der Waals surface area contributed by atoms with Crippen molar-refractivity contribution in [2.45, 2.75) is 13.8 Å². The fourth-order valence-electron chi connectivity index (χ4n) is 2.46. The number of carbonyl (C=O) groups is 1. The molecule has 0 amide bonds. The lowest BCUT2D eigenvalue weighted by atomic mass is 10.1. The minimum atomic E-state index is -0.402. The van der Waals surface area contributed by atoms with Crippen molar-refractivity contribution < 1.29 is 9.53 Å². The van der Waals surface area contributed by atoms with Gasteiger partial charge in [0.2, 0.25) is 0 Å². The Morgan fingerprint density at radius 3 is 2.75 bits per heavy atom. The van der Waals surface area contributed by atoms with Crippen LogP contribution in [-0.2, 0) is 4.74 Å². The van der Waals surface area contributed by atoms with E-state index in [1.165, 1.54) is 18.4 Å². The number of hydrogen-bond donors (Lipinski definition) is 1. The van der Waals surface area contributed by atoms with Crippen molar-refractivity contribution in [3.05, 3.63) is 34.3 Å². The smallest absolute Gasteiger partial charge is 0.350 e. The van der Waals surface area contributed by atoms with Crippen molar-refractivity contribution in [3.8, 4) is 0 Å². The van der Waals surface area contributed by atoms with E-state index in [-0.39, 0.29) is 0 Å². The molecule has 2 heterocycles. The minimum absolute atomic E-state index is 0.402. The maximum Gasteiger partial charge on any atom is 0.350 e. The summed E-state index contributed by atoms with van der Waals surface area (Å²) < 4.78 is 5.76. The van der Waals surface area contributed by atoms with Gasteiger partial charge in [-0.15, -0.1) is 11.3 Å². The minimum Gasteiger partial charge on any atom is -0.465 e. The number of esters is 1. The van der Waals surface area contributed by atoms with Gasteiger partial charge in [-0.05, 0) is 25.5 Å². The number of benzene rings is 1. The summed E-state index contributed by atoms with van der Waals surface area (Å²) >= 11 is 1.36. The summed E-state index contributed by atoms with van der Waals surface area (Å²) in [6.07, 6.45) is 1.73. The molecule has 2 N–H and O–H groups in total. The zero-order chi connectivity index (χ0) is 14.4. The molecule has 0 bridgehead atoms. The fraction of sp³-hybridized carbons (Fsp3) is 0.200. The average Bonchev–Trinajstić information content (AvgIpc) is 2.76. The molecular formula is C15H14N2O2S. The standard InChI is InChI=1S/C15H14N2O2S/c1-7-4-8(2)12-9(5-7)13-10(6-17-12)11(16)14(20-13)15(18)19-3/h4-6H,16H2,1-3H3. The normalized spacial score (nSPS) is 11.2. The van der Waals surface area contributed by atoms with Gasteiger partial charge in [0, 0.05) is 21.7 Å². The van der Waals surface area contributed by atoms with E-state index in [0.717, 1.165) is 32.1 Å². The number of anilines is 1. The maximum atomic E-state index is 11.8. The number of aryl methyl sites for hydroxylation is 2. The number of nitrogen functional groups attached to an aromatic ring is 1. The van der Waals surface area contributed by atoms with Crippen molar-refractivity contribution in [3.63, 3.8) is 0 Å². The lowest BCUT2D eigenvalue weighted by Gasteiger charge is -2.04. The van der Waals surface area contributed by atoms with E-state index in [1.54, 1.807) is 6.20 Å². The zero-order valence-corrected chi connectivity index (χ0v) is 12.3. The van der Waals surface area contributed by atoms with Crippen molar-refractivity contribution in [1.82, 2.24) is 4.98 Å². The Hall–Kier alpha value is -2.14. The first-order chi connectivity index (χ1) is 9.52. The molecule has 3 rings (SSSR count). The Balaban J connectivity index is 2.45. The van der Waals surface area contributed by atoms with Gasteiger partial charge in [-0.3, -0.25) is 4.98 Å². The third kappa shape index (κ3) is 1.74. The lowest BCUT2D eigenvalue weighted by Crippen LogP contribution is -2.01. The first-order valence-corrected chi connectivity index (χ1v) is 7.01. The number of nitrogens with zero attached hydrogens (tertiary/aromatic N) is 1. The van der Waals surface area contributed by atoms with Crippen LogP contribution in [-0.4, -0.2) is 18.1 Å². The largest absolute Gasteiger partial charge is 0.465 e. The lowest BCUT2D eigenvalue weighted by molar-refractivity contribution is 0.0607. The molecule has 102 valence electrons. The Kier molecular flexibility index (Phi) is 2.87. The van der Waals surface area contributed by atoms with Crippen LogP contribution in [0, 0.1) is 13.8 Å². The Morgan fingerprint density at radius 2 is 2.05 bits per heavy atom. The molecule has 2 aromatic heterocycles. The van der Waals surface area contributed by atoms with Gasteiger partial charge in [-0.25, -0.2) is 4.79 Å². The summed E-state index contributed by atoms with van der Waals surface area (Å²) in [6, 6.07) is 4.17. The van der Waals surface area contributed by atoms with E-state index in [4.69, 9.17) is 10.5 Å². The number of pyridine rings is 1. The van der Waals surface area contributed by atoms with Gasteiger partial charge in [-0.2, -0.15) is 0 Å². The fourth-order valence-corrected chi connectivity index (χ4v) is 3.59. The highest BCUT2D eigenvalue weighted by atomic mass is 32.1. The van der Waals surface area contributed by atoms with E-state index in [1.807, 2.05) is 13.8 Å². The van der Waals surface area contributed by atoms with Gasteiger partial charge in [0.1, 0.15) is 4.88 Å². The molecular weight excluding hydrogens is 272 g/mol. The molecule has 0 radical (unpaired) electrons. The van der Waals surface area contributed by atoms with Gasteiger partial charge in [0.15, 0.2) is 0 Å². The molecule has 0 unspecified atom stereocenters. The molecule has 0 aliphatic carbocycles. The molecule has 3 aromatic rings. The SMILES string of the molecule is COC(=O)c1sc2c(cnc3c(C)cc(C)cc32)c1N. The second-order valence-corrected chi connectivity index (χ2v) is 5.84. The predicted octanol–water partition coefficient (Wildman–Crippen LogP) is 3.44. The second kappa shape index (κ2) is 4.45. The molecule has 5 heteroatoms. The summed E-state index contributed by atoms with van der Waals surface area (Å²) in [7, 11) is 1.36. The number of nitrogens with two attached hydrogens (primary N) is 1. The molecule has 0 saturated heterocycles. The molecule has 0 spiro atoms. The third-order valence-corrected chi connectivity index (χ3v) is 4.60. The Morgan fingerprint density at radius 1 is 1.30 bits per heavy atom. The molecule has 1 aromatic carbocycles. The van der Waals surface area contributed by atoms with Gasteiger partial charge >= 0.3 is 5.97 Å². The molecule has 0 aliphatic rings. The van der Waals surface area contributed by atoms with Crippen LogP contribution in [0.3, 0.4) is 0 Å². The van der Waals surface area contributed by atoms with Gasteiger partial charge < -0.3 is 10.5 Å². The van der Waals surface area contributed by atoms with Crippen LogP contribution in [0.1, 0.15) is 20.8 Å². The molecule has 4 nitrogen and oxygen atoms in total. The highest BCUT2D eigenvalue weighted by molar-refractivity contribution is 7.22. The second-order valence-electron chi connectivity index (χ2n) is 4.82. The summed E-state index contributed by atoms with van der Waals surface area (Å²) in [6.45, 7) is 4.08. The number of rotatable bonds is 1. The van der Waals surface area contributed by atoms with Gasteiger partial charge in [-0.1, -0.05) is 11.6 Å².